The quantitative estimate of drug-likeness (QED) is 0.316. The average Bonchev–Trinajstić information content (AvgIpc) is 3.58. The number of rotatable bonds is 9. The molecule has 3 aromatic heterocycles. The molecule has 1 N–H and O–H groups in total. The van der Waals surface area contributed by atoms with Gasteiger partial charge in [0.15, 0.2) is 11.2 Å². The third-order valence-electron chi connectivity index (χ3n) is 6.60. The van der Waals surface area contributed by atoms with Crippen molar-refractivity contribution in [3.8, 4) is 22.5 Å². The first-order valence-electron chi connectivity index (χ1n) is 12.1. The number of nitrogens with one attached hydrogen (secondary N) is 1. The van der Waals surface area contributed by atoms with Gasteiger partial charge < -0.3 is 14.0 Å². The molecule has 3 heterocycles. The van der Waals surface area contributed by atoms with E-state index in [1.807, 2.05) is 60.0 Å². The largest absolute Gasteiger partial charge is 0.383 e. The highest BCUT2D eigenvalue weighted by Gasteiger charge is 2.23. The van der Waals surface area contributed by atoms with Crippen LogP contribution in [0.4, 0.5) is 0 Å². The second-order valence-electron chi connectivity index (χ2n) is 8.83. The number of ether oxygens (including phenoxy) is 2. The van der Waals surface area contributed by atoms with Gasteiger partial charge in [-0.25, -0.2) is 14.3 Å². The molecule has 12 nitrogen and oxygen atoms in total. The predicted octanol–water partition coefficient (Wildman–Crippen LogP) is 2.37. The zero-order valence-corrected chi connectivity index (χ0v) is 21.6. The lowest BCUT2D eigenvalue weighted by atomic mass is 9.98. The van der Waals surface area contributed by atoms with Crippen molar-refractivity contribution in [3.63, 3.8) is 0 Å². The lowest BCUT2D eigenvalue weighted by Crippen LogP contribution is -2.43. The van der Waals surface area contributed by atoms with Crippen molar-refractivity contribution in [1.29, 1.82) is 0 Å². The number of H-pyrrole nitrogens is 1. The van der Waals surface area contributed by atoms with Crippen molar-refractivity contribution in [2.75, 3.05) is 20.8 Å². The van der Waals surface area contributed by atoms with Crippen LogP contribution in [-0.2, 0) is 22.6 Å². The highest BCUT2D eigenvalue weighted by Crippen LogP contribution is 2.30. The van der Waals surface area contributed by atoms with Gasteiger partial charge in [-0.05, 0) is 35.8 Å². The summed E-state index contributed by atoms with van der Waals surface area (Å²) >= 11 is 0. The molecule has 1 atom stereocenters. The summed E-state index contributed by atoms with van der Waals surface area (Å²) in [5.74, 6) is 1.14. The molecule has 5 aromatic rings. The van der Waals surface area contributed by atoms with Gasteiger partial charge in [-0.15, -0.1) is 10.2 Å². The van der Waals surface area contributed by atoms with Crippen molar-refractivity contribution in [2.45, 2.75) is 33.2 Å². The fourth-order valence-corrected chi connectivity index (χ4v) is 4.55. The summed E-state index contributed by atoms with van der Waals surface area (Å²) < 4.78 is 15.0. The third-order valence-corrected chi connectivity index (χ3v) is 6.60. The molecule has 0 spiro atoms. The first kappa shape index (κ1) is 25.2. The van der Waals surface area contributed by atoms with Gasteiger partial charge in [-0.2, -0.15) is 5.21 Å². The van der Waals surface area contributed by atoms with Crippen LogP contribution in [0.2, 0.25) is 0 Å². The molecule has 0 aliphatic carbocycles. The highest BCUT2D eigenvalue weighted by molar-refractivity contribution is 5.80. The Bertz CT molecular complexity index is 1680. The normalized spacial score (nSPS) is 12.3. The number of fused-ring (bicyclic) bond motifs is 1. The summed E-state index contributed by atoms with van der Waals surface area (Å²) in [6, 6.07) is 15.9. The monoisotopic (exact) mass is 516 g/mol. The molecule has 0 saturated heterocycles. The second kappa shape index (κ2) is 10.5. The van der Waals surface area contributed by atoms with Crippen LogP contribution in [0.25, 0.3) is 33.7 Å². The lowest BCUT2D eigenvalue weighted by Gasteiger charge is -2.16. The molecule has 0 fully saturated rings. The van der Waals surface area contributed by atoms with Crippen LogP contribution in [0.3, 0.4) is 0 Å². The summed E-state index contributed by atoms with van der Waals surface area (Å²) in [6.07, 6.45) is -0.740. The molecule has 12 heteroatoms. The zero-order valence-electron chi connectivity index (χ0n) is 21.6. The molecule has 1 unspecified atom stereocenters. The minimum Gasteiger partial charge on any atom is -0.383 e. The van der Waals surface area contributed by atoms with E-state index in [1.54, 1.807) is 14.0 Å². The number of imidazole rings is 1. The first-order chi connectivity index (χ1) is 18.4. The number of benzene rings is 2. The Labute approximate surface area is 217 Å². The fraction of sp³-hybridized carbons (Fsp3) is 0.308. The molecule has 0 saturated carbocycles. The average molecular weight is 517 g/mol. The maximum Gasteiger partial charge on any atom is 0.334 e. The van der Waals surface area contributed by atoms with E-state index < -0.39 is 17.5 Å². The number of nitrogens with zero attached hydrogens (tertiary/aromatic N) is 7. The van der Waals surface area contributed by atoms with Crippen molar-refractivity contribution >= 4 is 11.2 Å². The molecule has 0 amide bonds. The van der Waals surface area contributed by atoms with Gasteiger partial charge in [0.1, 0.15) is 12.1 Å². The lowest BCUT2D eigenvalue weighted by molar-refractivity contribution is 0.0526. The maximum atomic E-state index is 13.5. The molecule has 0 bridgehead atoms. The number of aromatic amines is 1. The van der Waals surface area contributed by atoms with Gasteiger partial charge >= 0.3 is 5.69 Å². The number of aryl methyl sites for hydroxylation is 1. The topological polar surface area (TPSA) is 135 Å². The smallest absolute Gasteiger partial charge is 0.334 e. The van der Waals surface area contributed by atoms with E-state index in [0.29, 0.717) is 36.0 Å². The van der Waals surface area contributed by atoms with Gasteiger partial charge in [0.25, 0.3) is 5.56 Å². The molecule has 0 radical (unpaired) electrons. The summed E-state index contributed by atoms with van der Waals surface area (Å²) in [5.41, 5.74) is 3.55. The van der Waals surface area contributed by atoms with Crippen LogP contribution in [0.5, 0.6) is 0 Å². The molecule has 2 aromatic carbocycles. The van der Waals surface area contributed by atoms with Crippen molar-refractivity contribution in [3.05, 3.63) is 80.8 Å². The minimum absolute atomic E-state index is 0.257. The van der Waals surface area contributed by atoms with E-state index in [4.69, 9.17) is 9.47 Å². The Morgan fingerprint density at radius 1 is 1.00 bits per heavy atom. The Hall–Kier alpha value is -4.42. The number of hydrogen-bond donors (Lipinski definition) is 1. The molecule has 38 heavy (non-hydrogen) atoms. The molecular weight excluding hydrogens is 488 g/mol. The Kier molecular flexibility index (Phi) is 6.99. The molecular formula is C26H28N8O4. The van der Waals surface area contributed by atoms with Crippen LogP contribution >= 0.6 is 0 Å². The SMILES string of the molecule is COCCn1c(=O)n(C(C)OC)c(=O)c2c1nc(C)n2Cc1ccc(-c2ccccc2-c2nn[nH]n2)cc1. The second-order valence-corrected chi connectivity index (χ2v) is 8.83. The molecule has 0 aliphatic rings. The summed E-state index contributed by atoms with van der Waals surface area (Å²) in [6.45, 7) is 4.44. The van der Waals surface area contributed by atoms with Gasteiger partial charge in [0.2, 0.25) is 5.82 Å². The standard InChI is InChI=1S/C26H28N8O4/c1-16-27-24-22(25(35)34(17(2)38-4)26(36)32(24)13-14-37-3)33(16)15-18-9-11-19(12-10-18)20-7-5-6-8-21(20)23-28-30-31-29-23/h5-12,17H,13-15H2,1-4H3,(H,28,29,30,31). The van der Waals surface area contributed by atoms with Crippen molar-refractivity contribution in [1.82, 2.24) is 39.3 Å². The van der Waals surface area contributed by atoms with Gasteiger partial charge in [0, 0.05) is 26.3 Å². The van der Waals surface area contributed by atoms with Gasteiger partial charge in [0.05, 0.1) is 13.2 Å². The van der Waals surface area contributed by atoms with E-state index in [-0.39, 0.29) is 6.54 Å². The van der Waals surface area contributed by atoms with E-state index >= 15 is 0 Å². The number of methoxy groups -OCH3 is 2. The zero-order chi connectivity index (χ0) is 26.8. The van der Waals surface area contributed by atoms with Crippen molar-refractivity contribution in [2.24, 2.45) is 0 Å². The highest BCUT2D eigenvalue weighted by atomic mass is 16.5. The maximum absolute atomic E-state index is 13.5. The van der Waals surface area contributed by atoms with E-state index in [1.165, 1.54) is 11.7 Å². The number of tetrazole rings is 1. The van der Waals surface area contributed by atoms with Crippen LogP contribution in [-0.4, -0.2) is 60.1 Å². The number of hydrogen-bond acceptors (Lipinski definition) is 8. The Morgan fingerprint density at radius 2 is 1.74 bits per heavy atom. The van der Waals surface area contributed by atoms with Gasteiger partial charge in [-0.3, -0.25) is 9.36 Å². The summed E-state index contributed by atoms with van der Waals surface area (Å²) in [4.78, 5) is 31.4. The van der Waals surface area contributed by atoms with E-state index in [9.17, 15) is 9.59 Å². The molecule has 5 rings (SSSR count). The summed E-state index contributed by atoms with van der Waals surface area (Å²) in [5, 5.41) is 14.4. The Morgan fingerprint density at radius 3 is 2.39 bits per heavy atom. The van der Waals surface area contributed by atoms with Crippen LogP contribution < -0.4 is 11.2 Å². The fourth-order valence-electron chi connectivity index (χ4n) is 4.55. The third kappa shape index (κ3) is 4.44. The number of aromatic nitrogens is 8. The molecule has 196 valence electrons. The van der Waals surface area contributed by atoms with E-state index in [2.05, 4.69) is 25.6 Å². The predicted molar refractivity (Wildman–Crippen MR) is 141 cm³/mol. The van der Waals surface area contributed by atoms with Gasteiger partial charge in [-0.1, -0.05) is 48.5 Å². The van der Waals surface area contributed by atoms with E-state index in [0.717, 1.165) is 26.8 Å². The van der Waals surface area contributed by atoms with Crippen LogP contribution in [0.1, 0.15) is 24.5 Å². The minimum atomic E-state index is -0.740. The van der Waals surface area contributed by atoms with Crippen LogP contribution in [0, 0.1) is 6.92 Å². The Balaban J connectivity index is 1.56. The molecule has 0 aliphatic heterocycles. The van der Waals surface area contributed by atoms with Crippen molar-refractivity contribution < 1.29 is 9.47 Å². The first-order valence-corrected chi connectivity index (χ1v) is 12.1. The van der Waals surface area contributed by atoms with Crippen LogP contribution in [0.15, 0.2) is 58.1 Å². The summed E-state index contributed by atoms with van der Waals surface area (Å²) in [7, 11) is 3.02.